The number of nitrogens with zero attached hydrogens (tertiary/aromatic N) is 2. The van der Waals surface area contributed by atoms with Gasteiger partial charge in [0.25, 0.3) is 0 Å². The summed E-state index contributed by atoms with van der Waals surface area (Å²) in [5, 5.41) is 11.0. The summed E-state index contributed by atoms with van der Waals surface area (Å²) < 4.78 is 4.45. The molecule has 0 aliphatic carbocycles. The lowest BCUT2D eigenvalue weighted by Gasteiger charge is -2.15. The number of nitrogens with one attached hydrogen (secondary N) is 1. The van der Waals surface area contributed by atoms with Gasteiger partial charge in [0, 0.05) is 13.1 Å². The average molecular weight is 211 g/mol. The Labute approximate surface area is 87.8 Å². The molecule has 1 heterocycles. The van der Waals surface area contributed by atoms with Crippen LogP contribution in [-0.4, -0.2) is 43.1 Å². The summed E-state index contributed by atoms with van der Waals surface area (Å²) in [4.78, 5) is 23.8. The number of ether oxygens (including phenoxy) is 1. The average Bonchev–Trinajstić information content (AvgIpc) is 2.66. The third-order valence-electron chi connectivity index (χ3n) is 2.28. The van der Waals surface area contributed by atoms with Crippen LogP contribution in [0.15, 0.2) is 0 Å². The minimum absolute atomic E-state index is 0.0694. The summed E-state index contributed by atoms with van der Waals surface area (Å²) in [5.41, 5.74) is 0. The fourth-order valence-electron chi connectivity index (χ4n) is 1.51. The van der Waals surface area contributed by atoms with Gasteiger partial charge in [0.15, 0.2) is 0 Å². The lowest BCUT2D eigenvalue weighted by Crippen LogP contribution is -2.38. The van der Waals surface area contributed by atoms with Crippen LogP contribution in [0.3, 0.4) is 0 Å². The number of hydrogen-bond acceptors (Lipinski definition) is 4. The largest absolute Gasteiger partial charge is 0.453 e. The van der Waals surface area contributed by atoms with Crippen molar-refractivity contribution < 1.29 is 14.3 Å². The number of nitriles is 1. The van der Waals surface area contributed by atoms with E-state index in [9.17, 15) is 9.59 Å². The van der Waals surface area contributed by atoms with E-state index in [1.165, 1.54) is 7.11 Å². The van der Waals surface area contributed by atoms with Crippen LogP contribution >= 0.6 is 0 Å². The highest BCUT2D eigenvalue weighted by atomic mass is 16.5. The molecule has 1 aliphatic rings. The van der Waals surface area contributed by atoms with E-state index in [2.05, 4.69) is 10.1 Å². The molecule has 0 aromatic heterocycles. The smallest absolute Gasteiger partial charge is 0.407 e. The highest BCUT2D eigenvalue weighted by Crippen LogP contribution is 2.10. The number of rotatable bonds is 2. The van der Waals surface area contributed by atoms with Gasteiger partial charge < -0.3 is 15.0 Å². The van der Waals surface area contributed by atoms with Crippen molar-refractivity contribution in [2.45, 2.75) is 18.9 Å². The van der Waals surface area contributed by atoms with E-state index in [0.29, 0.717) is 19.5 Å². The molecule has 1 rings (SSSR count). The van der Waals surface area contributed by atoms with Gasteiger partial charge in [0.1, 0.15) is 6.42 Å². The molecule has 1 atom stereocenters. The van der Waals surface area contributed by atoms with Gasteiger partial charge in [-0.2, -0.15) is 5.26 Å². The molecule has 6 nitrogen and oxygen atoms in total. The highest BCUT2D eigenvalue weighted by Gasteiger charge is 2.26. The monoisotopic (exact) mass is 211 g/mol. The van der Waals surface area contributed by atoms with Crippen LogP contribution < -0.4 is 5.32 Å². The number of hydrogen-bond donors (Lipinski definition) is 1. The predicted octanol–water partition coefficient (Wildman–Crippen LogP) is -0.143. The molecule has 0 radical (unpaired) electrons. The second kappa shape index (κ2) is 5.20. The molecule has 1 fully saturated rings. The van der Waals surface area contributed by atoms with Gasteiger partial charge in [-0.1, -0.05) is 0 Å². The third-order valence-corrected chi connectivity index (χ3v) is 2.28. The molecule has 0 aromatic rings. The molecule has 6 heteroatoms. The van der Waals surface area contributed by atoms with Crippen molar-refractivity contribution in [2.24, 2.45) is 0 Å². The molecule has 0 aromatic carbocycles. The molecule has 0 bridgehead atoms. The number of likely N-dealkylation sites (tertiary alicyclic amines) is 1. The zero-order valence-electron chi connectivity index (χ0n) is 8.52. The van der Waals surface area contributed by atoms with E-state index in [-0.39, 0.29) is 18.4 Å². The molecule has 1 saturated heterocycles. The summed E-state index contributed by atoms with van der Waals surface area (Å²) in [6.45, 7) is 1.03. The van der Waals surface area contributed by atoms with Crippen LogP contribution in [-0.2, 0) is 9.53 Å². The summed E-state index contributed by atoms with van der Waals surface area (Å²) >= 11 is 0. The first-order valence-corrected chi connectivity index (χ1v) is 4.66. The summed E-state index contributed by atoms with van der Waals surface area (Å²) in [5.74, 6) is -0.188. The van der Waals surface area contributed by atoms with Crippen LogP contribution in [0, 0.1) is 11.3 Å². The van der Waals surface area contributed by atoms with Crippen LogP contribution in [0.2, 0.25) is 0 Å². The Hall–Kier alpha value is -1.77. The van der Waals surface area contributed by atoms with E-state index in [0.717, 1.165) is 0 Å². The molecule has 1 aliphatic heterocycles. The van der Waals surface area contributed by atoms with Crippen LogP contribution in [0.1, 0.15) is 12.8 Å². The minimum Gasteiger partial charge on any atom is -0.453 e. The number of carbonyl (C=O) groups excluding carboxylic acids is 2. The maximum absolute atomic E-state index is 11.3. The van der Waals surface area contributed by atoms with Crippen molar-refractivity contribution in [1.82, 2.24) is 10.2 Å². The molecule has 2 amide bonds. The number of carbonyl (C=O) groups is 2. The van der Waals surface area contributed by atoms with Crippen LogP contribution in [0.25, 0.3) is 0 Å². The molecule has 15 heavy (non-hydrogen) atoms. The zero-order valence-corrected chi connectivity index (χ0v) is 8.52. The van der Waals surface area contributed by atoms with Gasteiger partial charge in [0.2, 0.25) is 5.91 Å². The molecule has 0 saturated carbocycles. The Bertz CT molecular complexity index is 297. The minimum atomic E-state index is -0.491. The second-order valence-electron chi connectivity index (χ2n) is 3.30. The van der Waals surface area contributed by atoms with Crippen molar-refractivity contribution >= 4 is 12.0 Å². The Morgan fingerprint density at radius 2 is 2.40 bits per heavy atom. The predicted molar refractivity (Wildman–Crippen MR) is 50.8 cm³/mol. The number of alkyl carbamates (subject to hydrolysis) is 1. The molecule has 1 unspecified atom stereocenters. The third kappa shape index (κ3) is 3.13. The Morgan fingerprint density at radius 3 is 3.00 bits per heavy atom. The molecule has 1 N–H and O–H groups in total. The van der Waals surface area contributed by atoms with Crippen LogP contribution in [0.4, 0.5) is 4.79 Å². The standard InChI is InChI=1S/C9H13N3O3/c1-15-9(14)11-7-3-5-12(6-7)8(13)2-4-10/h7H,2-3,5-6H2,1H3,(H,11,14). The quantitative estimate of drug-likeness (QED) is 0.689. The fourth-order valence-corrected chi connectivity index (χ4v) is 1.51. The van der Waals surface area contributed by atoms with E-state index >= 15 is 0 Å². The molecular weight excluding hydrogens is 198 g/mol. The number of methoxy groups -OCH3 is 1. The maximum atomic E-state index is 11.3. The SMILES string of the molecule is COC(=O)NC1CCN(C(=O)CC#N)C1. The van der Waals surface area contributed by atoms with Gasteiger partial charge in [-0.25, -0.2) is 4.79 Å². The zero-order chi connectivity index (χ0) is 11.3. The normalized spacial score (nSPS) is 19.5. The molecular formula is C9H13N3O3. The lowest BCUT2D eigenvalue weighted by atomic mass is 10.3. The van der Waals surface area contributed by atoms with Crippen molar-refractivity contribution in [3.63, 3.8) is 0 Å². The summed E-state index contributed by atoms with van der Waals surface area (Å²) in [6.07, 6.45) is 0.103. The summed E-state index contributed by atoms with van der Waals surface area (Å²) in [7, 11) is 1.29. The first kappa shape index (κ1) is 11.3. The van der Waals surface area contributed by atoms with Crippen LogP contribution in [0.5, 0.6) is 0 Å². The topological polar surface area (TPSA) is 82.4 Å². The lowest BCUT2D eigenvalue weighted by molar-refractivity contribution is -0.129. The van der Waals surface area contributed by atoms with Crippen molar-refractivity contribution in [3.8, 4) is 6.07 Å². The summed E-state index contributed by atoms with van der Waals surface area (Å²) in [6, 6.07) is 1.74. The van der Waals surface area contributed by atoms with Gasteiger partial charge in [-0.15, -0.1) is 0 Å². The van der Waals surface area contributed by atoms with Crippen molar-refractivity contribution in [3.05, 3.63) is 0 Å². The second-order valence-corrected chi connectivity index (χ2v) is 3.30. The van der Waals surface area contributed by atoms with Gasteiger partial charge in [-0.3, -0.25) is 4.79 Å². The Balaban J connectivity index is 2.36. The fraction of sp³-hybridized carbons (Fsp3) is 0.667. The maximum Gasteiger partial charge on any atom is 0.407 e. The van der Waals surface area contributed by atoms with Crippen molar-refractivity contribution in [1.29, 1.82) is 5.26 Å². The van der Waals surface area contributed by atoms with E-state index in [1.54, 1.807) is 4.90 Å². The molecule has 82 valence electrons. The van der Waals surface area contributed by atoms with Gasteiger partial charge in [-0.05, 0) is 6.42 Å². The van der Waals surface area contributed by atoms with Gasteiger partial charge >= 0.3 is 6.09 Å². The highest BCUT2D eigenvalue weighted by molar-refractivity contribution is 5.78. The molecule has 0 spiro atoms. The Morgan fingerprint density at radius 1 is 1.67 bits per heavy atom. The van der Waals surface area contributed by atoms with E-state index in [1.807, 2.05) is 6.07 Å². The van der Waals surface area contributed by atoms with Crippen molar-refractivity contribution in [2.75, 3.05) is 20.2 Å². The van der Waals surface area contributed by atoms with E-state index in [4.69, 9.17) is 5.26 Å². The number of amides is 2. The first-order chi connectivity index (χ1) is 7.17. The van der Waals surface area contributed by atoms with E-state index < -0.39 is 6.09 Å². The van der Waals surface area contributed by atoms with Gasteiger partial charge in [0.05, 0.1) is 19.2 Å². The Kier molecular flexibility index (Phi) is 3.92. The first-order valence-electron chi connectivity index (χ1n) is 4.66.